The number of hydrazine groups is 1. The lowest BCUT2D eigenvalue weighted by Gasteiger charge is -2.22. The van der Waals surface area contributed by atoms with E-state index in [1.807, 2.05) is 0 Å². The lowest BCUT2D eigenvalue weighted by Crippen LogP contribution is -2.47. The lowest BCUT2D eigenvalue weighted by atomic mass is 9.92. The van der Waals surface area contributed by atoms with E-state index >= 15 is 0 Å². The topological polar surface area (TPSA) is 95.6 Å². The first-order valence-corrected chi connectivity index (χ1v) is 8.88. The van der Waals surface area contributed by atoms with Gasteiger partial charge in [-0.1, -0.05) is 36.4 Å². The normalized spacial score (nSPS) is 19.3. The van der Waals surface area contributed by atoms with Gasteiger partial charge in [-0.25, -0.2) is 4.79 Å². The van der Waals surface area contributed by atoms with Crippen LogP contribution in [-0.4, -0.2) is 28.6 Å². The van der Waals surface area contributed by atoms with Gasteiger partial charge in [0.15, 0.2) is 5.78 Å². The van der Waals surface area contributed by atoms with E-state index in [0.29, 0.717) is 15.4 Å². The smallest absolute Gasteiger partial charge is 0.318 e. The van der Waals surface area contributed by atoms with Gasteiger partial charge in [0, 0.05) is 12.8 Å². The monoisotopic (exact) mass is 371 g/mol. The van der Waals surface area contributed by atoms with Gasteiger partial charge in [0.1, 0.15) is 5.54 Å². The van der Waals surface area contributed by atoms with Crippen LogP contribution >= 0.6 is 11.3 Å². The van der Waals surface area contributed by atoms with Crippen molar-refractivity contribution in [1.82, 2.24) is 15.8 Å². The number of thiophene rings is 1. The Kier molecular flexibility index (Phi) is 4.85. The molecular weight excluding hydrogens is 354 g/mol. The summed E-state index contributed by atoms with van der Waals surface area (Å²) < 4.78 is 0. The highest BCUT2D eigenvalue weighted by Crippen LogP contribution is 2.27. The minimum Gasteiger partial charge on any atom is -0.318 e. The summed E-state index contributed by atoms with van der Waals surface area (Å²) in [5, 5.41) is 5.05. The highest BCUT2D eigenvalue weighted by atomic mass is 32.1. The number of urea groups is 1. The Morgan fingerprint density at radius 3 is 2.50 bits per heavy atom. The molecule has 7 nitrogen and oxygen atoms in total. The molecule has 0 spiro atoms. The van der Waals surface area contributed by atoms with E-state index in [1.165, 1.54) is 11.3 Å². The van der Waals surface area contributed by atoms with Gasteiger partial charge in [0.2, 0.25) is 5.91 Å². The van der Waals surface area contributed by atoms with Gasteiger partial charge in [0.05, 0.1) is 4.88 Å². The molecule has 8 heteroatoms. The van der Waals surface area contributed by atoms with E-state index in [4.69, 9.17) is 0 Å². The van der Waals surface area contributed by atoms with Crippen LogP contribution in [0.15, 0.2) is 47.8 Å². The number of benzene rings is 1. The van der Waals surface area contributed by atoms with Crippen LogP contribution < -0.4 is 10.7 Å². The molecule has 0 saturated carbocycles. The fourth-order valence-electron chi connectivity index (χ4n) is 2.68. The Hall–Kier alpha value is -3.00. The Labute approximate surface area is 154 Å². The highest BCUT2D eigenvalue weighted by molar-refractivity contribution is 7.12. The number of hydrogen-bond donors (Lipinski definition) is 2. The van der Waals surface area contributed by atoms with Crippen LogP contribution in [0, 0.1) is 0 Å². The van der Waals surface area contributed by atoms with Gasteiger partial charge in [-0.05, 0) is 23.9 Å². The van der Waals surface area contributed by atoms with Crippen molar-refractivity contribution in [3.63, 3.8) is 0 Å². The summed E-state index contributed by atoms with van der Waals surface area (Å²) in [5.41, 5.74) is 1.65. The molecule has 1 aliphatic rings. The zero-order valence-corrected chi connectivity index (χ0v) is 14.8. The van der Waals surface area contributed by atoms with Gasteiger partial charge in [-0.3, -0.25) is 19.8 Å². The predicted octanol–water partition coefficient (Wildman–Crippen LogP) is 2.21. The van der Waals surface area contributed by atoms with E-state index in [9.17, 15) is 19.2 Å². The van der Waals surface area contributed by atoms with E-state index < -0.39 is 23.4 Å². The standard InChI is InChI=1S/C18H17N3O4S/c1-18(12-6-3-2-4-7-12)16(24)21(17(25)19-18)20-15(23)10-9-13(22)14-8-5-11-26-14/h2-8,11H,9-10H2,1H3,(H,19,25)(H,20,23)/t18-/m0/s1. The van der Waals surface area contributed by atoms with Crippen LogP contribution in [0.2, 0.25) is 0 Å². The maximum Gasteiger partial charge on any atom is 0.344 e. The minimum atomic E-state index is -1.25. The van der Waals surface area contributed by atoms with Crippen molar-refractivity contribution in [2.75, 3.05) is 0 Å². The van der Waals surface area contributed by atoms with Crippen LogP contribution in [0.4, 0.5) is 4.79 Å². The average Bonchev–Trinajstić information content (AvgIpc) is 3.25. The fraction of sp³-hybridized carbons (Fsp3) is 0.222. The number of amides is 4. The molecule has 4 amide bonds. The van der Waals surface area contributed by atoms with Crippen LogP contribution in [-0.2, 0) is 15.1 Å². The van der Waals surface area contributed by atoms with Gasteiger partial charge in [-0.15, -0.1) is 11.3 Å². The molecule has 2 heterocycles. The Morgan fingerprint density at radius 2 is 1.85 bits per heavy atom. The van der Waals surface area contributed by atoms with E-state index in [2.05, 4.69) is 10.7 Å². The summed E-state index contributed by atoms with van der Waals surface area (Å²) in [7, 11) is 0. The van der Waals surface area contributed by atoms with E-state index in [-0.39, 0.29) is 18.6 Å². The molecule has 3 rings (SSSR count). The van der Waals surface area contributed by atoms with Gasteiger partial charge < -0.3 is 5.32 Å². The molecule has 2 aromatic rings. The summed E-state index contributed by atoms with van der Waals surface area (Å²) in [6, 6.07) is 11.5. The maximum absolute atomic E-state index is 12.7. The summed E-state index contributed by atoms with van der Waals surface area (Å²) in [6.45, 7) is 1.58. The number of hydrogen-bond acceptors (Lipinski definition) is 5. The first kappa shape index (κ1) is 17.8. The molecular formula is C18H17N3O4S. The van der Waals surface area contributed by atoms with E-state index in [1.54, 1.807) is 54.8 Å². The zero-order valence-electron chi connectivity index (χ0n) is 14.0. The highest BCUT2D eigenvalue weighted by Gasteiger charge is 2.49. The van der Waals surface area contributed by atoms with Gasteiger partial charge in [-0.2, -0.15) is 5.01 Å². The van der Waals surface area contributed by atoms with E-state index in [0.717, 1.165) is 0 Å². The Balaban J connectivity index is 1.63. The van der Waals surface area contributed by atoms with Gasteiger partial charge >= 0.3 is 6.03 Å². The van der Waals surface area contributed by atoms with Crippen LogP contribution in [0.1, 0.15) is 35.0 Å². The molecule has 26 heavy (non-hydrogen) atoms. The number of ketones is 1. The molecule has 1 aromatic carbocycles. The van der Waals surface area contributed by atoms with Crippen molar-refractivity contribution in [2.45, 2.75) is 25.3 Å². The molecule has 0 radical (unpaired) electrons. The summed E-state index contributed by atoms with van der Waals surface area (Å²) >= 11 is 1.30. The van der Waals surface area contributed by atoms with Crippen molar-refractivity contribution >= 4 is 35.0 Å². The van der Waals surface area contributed by atoms with Crippen molar-refractivity contribution < 1.29 is 19.2 Å². The SMILES string of the molecule is C[C@@]1(c2ccccc2)NC(=O)N(NC(=O)CCC(=O)c2cccs2)C1=O. The number of nitrogens with zero attached hydrogens (tertiary/aromatic N) is 1. The number of rotatable bonds is 6. The second kappa shape index (κ2) is 7.09. The third kappa shape index (κ3) is 3.36. The molecule has 1 aliphatic heterocycles. The molecule has 1 aromatic heterocycles. The van der Waals surface area contributed by atoms with Crippen LogP contribution in [0.25, 0.3) is 0 Å². The minimum absolute atomic E-state index is 0.00590. The number of carbonyl (C=O) groups is 4. The van der Waals surface area contributed by atoms with Crippen LogP contribution in [0.5, 0.6) is 0 Å². The van der Waals surface area contributed by atoms with Crippen molar-refractivity contribution in [2.24, 2.45) is 0 Å². The fourth-order valence-corrected chi connectivity index (χ4v) is 3.37. The first-order valence-electron chi connectivity index (χ1n) is 8.00. The second-order valence-electron chi connectivity index (χ2n) is 6.00. The quantitative estimate of drug-likeness (QED) is 0.601. The molecule has 2 N–H and O–H groups in total. The number of Topliss-reactive ketones (excluding diaryl/α,β-unsaturated/α-hetero) is 1. The first-order chi connectivity index (χ1) is 12.4. The number of carbonyl (C=O) groups excluding carboxylic acids is 4. The molecule has 0 aliphatic carbocycles. The summed E-state index contributed by atoms with van der Waals surface area (Å²) in [6.07, 6.45) is -0.109. The van der Waals surface area contributed by atoms with Crippen molar-refractivity contribution in [3.8, 4) is 0 Å². The number of imide groups is 1. The van der Waals surface area contributed by atoms with Gasteiger partial charge in [0.25, 0.3) is 5.91 Å². The Morgan fingerprint density at radius 1 is 1.12 bits per heavy atom. The second-order valence-corrected chi connectivity index (χ2v) is 6.94. The molecule has 134 valence electrons. The predicted molar refractivity (Wildman–Crippen MR) is 95.2 cm³/mol. The third-order valence-corrected chi connectivity index (χ3v) is 5.06. The Bertz CT molecular complexity index is 851. The van der Waals surface area contributed by atoms with Crippen molar-refractivity contribution in [1.29, 1.82) is 0 Å². The summed E-state index contributed by atoms with van der Waals surface area (Å²) in [5.74, 6) is -1.30. The van der Waals surface area contributed by atoms with Crippen LogP contribution in [0.3, 0.4) is 0 Å². The maximum atomic E-state index is 12.7. The van der Waals surface area contributed by atoms with Crippen molar-refractivity contribution in [3.05, 3.63) is 58.3 Å². The lowest BCUT2D eigenvalue weighted by molar-refractivity contribution is -0.138. The average molecular weight is 371 g/mol. The molecule has 0 bridgehead atoms. The zero-order chi connectivity index (χ0) is 18.7. The molecule has 1 saturated heterocycles. The third-order valence-electron chi connectivity index (χ3n) is 4.15. The molecule has 0 unspecified atom stereocenters. The summed E-state index contributed by atoms with van der Waals surface area (Å²) in [4.78, 5) is 49.4. The molecule has 1 fully saturated rings. The molecule has 1 atom stereocenters. The number of nitrogens with one attached hydrogen (secondary N) is 2. The largest absolute Gasteiger partial charge is 0.344 e.